The number of likely N-dealkylation sites (tertiary alicyclic amines) is 2. The first kappa shape index (κ1) is 18.6. The van der Waals surface area contributed by atoms with Gasteiger partial charge < -0.3 is 14.4 Å². The summed E-state index contributed by atoms with van der Waals surface area (Å²) < 4.78 is 11.4. The quantitative estimate of drug-likeness (QED) is 0.800. The van der Waals surface area contributed by atoms with Gasteiger partial charge in [-0.1, -0.05) is 12.1 Å². The van der Waals surface area contributed by atoms with Crippen molar-refractivity contribution in [2.24, 2.45) is 5.92 Å². The Morgan fingerprint density at radius 2 is 2.10 bits per heavy atom. The summed E-state index contributed by atoms with van der Waals surface area (Å²) in [5, 5.41) is 0. The Morgan fingerprint density at radius 1 is 1.24 bits per heavy atom. The van der Waals surface area contributed by atoms with Gasteiger partial charge in [-0.15, -0.1) is 0 Å². The highest BCUT2D eigenvalue weighted by molar-refractivity contribution is 5.95. The van der Waals surface area contributed by atoms with E-state index in [-0.39, 0.29) is 11.4 Å². The second-order valence-electron chi connectivity index (χ2n) is 8.62. The molecule has 5 rings (SSSR count). The minimum Gasteiger partial charge on any atom is -0.477 e. The number of ether oxygens (including phenoxy) is 2. The molecule has 0 bridgehead atoms. The van der Waals surface area contributed by atoms with Crippen molar-refractivity contribution in [1.29, 1.82) is 0 Å². The lowest BCUT2D eigenvalue weighted by atomic mass is 9.75. The summed E-state index contributed by atoms with van der Waals surface area (Å²) in [7, 11) is 2.18. The number of nitrogens with zero attached hydrogens (tertiary/aromatic N) is 3. The number of carbonyl (C=O) groups is 1. The molecule has 0 radical (unpaired) electrons. The van der Waals surface area contributed by atoms with Crippen LogP contribution in [0.2, 0.25) is 0 Å². The molecule has 0 unspecified atom stereocenters. The second-order valence-corrected chi connectivity index (χ2v) is 8.62. The van der Waals surface area contributed by atoms with Crippen LogP contribution in [0.5, 0.6) is 5.88 Å². The molecule has 3 aliphatic rings. The first-order valence-electron chi connectivity index (χ1n) is 10.4. The molecular weight excluding hydrogens is 366 g/mol. The maximum absolute atomic E-state index is 13.0. The minimum atomic E-state index is 0.0753. The lowest BCUT2D eigenvalue weighted by molar-refractivity contribution is -0.0695. The maximum atomic E-state index is 13.0. The number of hydrogen-bond donors (Lipinski definition) is 0. The van der Waals surface area contributed by atoms with Crippen molar-refractivity contribution in [1.82, 2.24) is 14.8 Å². The summed E-state index contributed by atoms with van der Waals surface area (Å²) >= 11 is 0. The monoisotopic (exact) mass is 393 g/mol. The van der Waals surface area contributed by atoms with Crippen LogP contribution in [0, 0.1) is 5.92 Å². The molecule has 3 aliphatic heterocycles. The highest BCUT2D eigenvalue weighted by Crippen LogP contribution is 2.39. The molecule has 0 saturated carbocycles. The third-order valence-corrected chi connectivity index (χ3v) is 6.68. The molecule has 1 aromatic carbocycles. The van der Waals surface area contributed by atoms with Crippen molar-refractivity contribution >= 4 is 5.91 Å². The lowest BCUT2D eigenvalue weighted by Crippen LogP contribution is -2.72. The normalized spacial score (nSPS) is 22.9. The fraction of sp³-hybridized carbons (Fsp3) is 0.478. The standard InChI is InChI=1S/C23H27N3O3/c1-25-9-7-17(12-29-21-4-2-3-8-24-21)11-23(25)15-26(16-23)22(27)18-5-6-19-13-28-14-20(19)10-18/h2-6,8,10,17H,7,9,11-16H2,1H3/t17-/m0/s1. The van der Waals surface area contributed by atoms with Crippen LogP contribution in [0.4, 0.5) is 0 Å². The summed E-state index contributed by atoms with van der Waals surface area (Å²) in [6.45, 7) is 4.57. The van der Waals surface area contributed by atoms with Gasteiger partial charge in [0.1, 0.15) is 0 Å². The fourth-order valence-corrected chi connectivity index (χ4v) is 4.85. The highest BCUT2D eigenvalue weighted by Gasteiger charge is 2.51. The van der Waals surface area contributed by atoms with E-state index >= 15 is 0 Å². The van der Waals surface area contributed by atoms with Gasteiger partial charge in [0.05, 0.1) is 25.4 Å². The van der Waals surface area contributed by atoms with Crippen molar-refractivity contribution in [3.63, 3.8) is 0 Å². The Labute approximate surface area is 171 Å². The number of piperidine rings is 1. The topological polar surface area (TPSA) is 54.9 Å². The molecule has 2 saturated heterocycles. The first-order chi connectivity index (χ1) is 14.1. The Morgan fingerprint density at radius 3 is 2.93 bits per heavy atom. The highest BCUT2D eigenvalue weighted by atomic mass is 16.5. The number of carbonyl (C=O) groups excluding carboxylic acids is 1. The molecule has 4 heterocycles. The SMILES string of the molecule is CN1CC[C@H](COc2ccccn2)CC12CN(C(=O)c1ccc3c(c1)COC3)C2. The van der Waals surface area contributed by atoms with Gasteiger partial charge in [0.25, 0.3) is 5.91 Å². The molecule has 2 fully saturated rings. The van der Waals surface area contributed by atoms with Gasteiger partial charge in [-0.3, -0.25) is 9.69 Å². The van der Waals surface area contributed by atoms with Crippen LogP contribution in [0.15, 0.2) is 42.6 Å². The molecule has 2 aromatic rings. The number of amides is 1. The van der Waals surface area contributed by atoms with Gasteiger partial charge in [-0.2, -0.15) is 0 Å². The third-order valence-electron chi connectivity index (χ3n) is 6.68. The van der Waals surface area contributed by atoms with Crippen LogP contribution < -0.4 is 4.74 Å². The number of hydrogen-bond acceptors (Lipinski definition) is 5. The summed E-state index contributed by atoms with van der Waals surface area (Å²) in [6.07, 6.45) is 3.92. The molecular formula is C23H27N3O3. The van der Waals surface area contributed by atoms with E-state index < -0.39 is 0 Å². The average molecular weight is 393 g/mol. The van der Waals surface area contributed by atoms with E-state index in [2.05, 4.69) is 16.9 Å². The Bertz CT molecular complexity index is 895. The van der Waals surface area contributed by atoms with Crippen molar-refractivity contribution < 1.29 is 14.3 Å². The summed E-state index contributed by atoms with van der Waals surface area (Å²) in [6, 6.07) is 11.7. The van der Waals surface area contributed by atoms with Crippen LogP contribution in [-0.2, 0) is 18.0 Å². The van der Waals surface area contributed by atoms with Gasteiger partial charge in [0.15, 0.2) is 0 Å². The van der Waals surface area contributed by atoms with Gasteiger partial charge in [-0.05, 0) is 61.7 Å². The zero-order chi connectivity index (χ0) is 19.8. The number of likely N-dealkylation sites (N-methyl/N-ethyl adjacent to an activating group) is 1. The predicted octanol–water partition coefficient (Wildman–Crippen LogP) is 2.73. The van der Waals surface area contributed by atoms with Crippen LogP contribution >= 0.6 is 0 Å². The number of pyridine rings is 1. The molecule has 1 spiro atoms. The van der Waals surface area contributed by atoms with Crippen LogP contribution in [0.3, 0.4) is 0 Å². The zero-order valence-electron chi connectivity index (χ0n) is 16.8. The maximum Gasteiger partial charge on any atom is 0.253 e. The van der Waals surface area contributed by atoms with E-state index in [1.807, 2.05) is 41.3 Å². The van der Waals surface area contributed by atoms with Gasteiger partial charge in [0.2, 0.25) is 5.88 Å². The average Bonchev–Trinajstić information content (AvgIpc) is 3.20. The van der Waals surface area contributed by atoms with E-state index in [4.69, 9.17) is 9.47 Å². The van der Waals surface area contributed by atoms with Crippen LogP contribution in [0.1, 0.15) is 34.3 Å². The summed E-state index contributed by atoms with van der Waals surface area (Å²) in [5.41, 5.74) is 3.20. The number of fused-ring (bicyclic) bond motifs is 1. The van der Waals surface area contributed by atoms with Crippen LogP contribution in [0.25, 0.3) is 0 Å². The van der Waals surface area contributed by atoms with E-state index in [9.17, 15) is 4.79 Å². The van der Waals surface area contributed by atoms with E-state index in [0.29, 0.717) is 31.6 Å². The predicted molar refractivity (Wildman–Crippen MR) is 109 cm³/mol. The molecule has 29 heavy (non-hydrogen) atoms. The van der Waals surface area contributed by atoms with Crippen LogP contribution in [-0.4, -0.2) is 59.5 Å². The fourth-order valence-electron chi connectivity index (χ4n) is 4.85. The molecule has 1 aromatic heterocycles. The number of aromatic nitrogens is 1. The zero-order valence-corrected chi connectivity index (χ0v) is 16.8. The molecule has 0 aliphatic carbocycles. The van der Waals surface area contributed by atoms with E-state index in [1.54, 1.807) is 6.20 Å². The van der Waals surface area contributed by atoms with E-state index in [1.165, 1.54) is 5.56 Å². The Balaban J connectivity index is 1.21. The Hall–Kier alpha value is -2.44. The van der Waals surface area contributed by atoms with Gasteiger partial charge in [0, 0.05) is 30.9 Å². The van der Waals surface area contributed by atoms with Gasteiger partial charge >= 0.3 is 0 Å². The molecule has 1 amide bonds. The first-order valence-corrected chi connectivity index (χ1v) is 10.4. The van der Waals surface area contributed by atoms with Crippen molar-refractivity contribution in [2.75, 3.05) is 33.3 Å². The van der Waals surface area contributed by atoms with Crippen molar-refractivity contribution in [3.8, 4) is 5.88 Å². The van der Waals surface area contributed by atoms with Gasteiger partial charge in [-0.25, -0.2) is 4.98 Å². The number of rotatable bonds is 4. The number of benzene rings is 1. The molecule has 6 nitrogen and oxygen atoms in total. The van der Waals surface area contributed by atoms with E-state index in [0.717, 1.165) is 43.6 Å². The van der Waals surface area contributed by atoms with Crippen molar-refractivity contribution in [3.05, 3.63) is 59.3 Å². The smallest absolute Gasteiger partial charge is 0.253 e. The summed E-state index contributed by atoms with van der Waals surface area (Å²) in [5.74, 6) is 1.31. The lowest BCUT2D eigenvalue weighted by Gasteiger charge is -2.58. The van der Waals surface area contributed by atoms with Crippen molar-refractivity contribution in [2.45, 2.75) is 31.6 Å². The molecule has 1 atom stereocenters. The third kappa shape index (κ3) is 3.51. The molecule has 6 heteroatoms. The largest absolute Gasteiger partial charge is 0.477 e. The Kier molecular flexibility index (Phi) is 4.76. The molecule has 152 valence electrons. The molecule has 0 N–H and O–H groups in total. The summed E-state index contributed by atoms with van der Waals surface area (Å²) in [4.78, 5) is 21.7. The minimum absolute atomic E-state index is 0.0753. The second kappa shape index (κ2) is 7.43.